The molecule has 1 aromatic rings. The van der Waals surface area contributed by atoms with Crippen molar-refractivity contribution in [2.24, 2.45) is 5.92 Å². The van der Waals surface area contributed by atoms with Crippen LogP contribution in [-0.4, -0.2) is 109 Å². The smallest absolute Gasteiger partial charge is 0.328 e. The number of aliphatic hydroxyl groups is 1. The summed E-state index contributed by atoms with van der Waals surface area (Å²) in [5.74, 6) is -1.81. The third-order valence-electron chi connectivity index (χ3n) is 10.1. The number of hydrogen-bond donors (Lipinski definition) is 2. The fraction of sp³-hybridized carbons (Fsp3) is 0.611. The molecule has 8 atom stereocenters. The Hall–Kier alpha value is -3.10. The van der Waals surface area contributed by atoms with E-state index in [9.17, 15) is 24.3 Å². The molecule has 50 heavy (non-hydrogen) atoms. The van der Waals surface area contributed by atoms with Crippen molar-refractivity contribution in [2.45, 2.75) is 101 Å². The molecular formula is C36H49ClN2O10S. The fourth-order valence-corrected chi connectivity index (χ4v) is 7.25. The minimum absolute atomic E-state index is 0.0622. The third kappa shape index (κ3) is 8.50. The van der Waals surface area contributed by atoms with Gasteiger partial charge in [-0.3, -0.25) is 14.4 Å². The average molecular weight is 737 g/mol. The molecule has 0 aromatic heterocycles. The van der Waals surface area contributed by atoms with Gasteiger partial charge >= 0.3 is 11.9 Å². The average Bonchev–Trinajstić information content (AvgIpc) is 3.76. The number of benzene rings is 1. The summed E-state index contributed by atoms with van der Waals surface area (Å²) in [5.41, 5.74) is -0.592. The predicted molar refractivity (Wildman–Crippen MR) is 191 cm³/mol. The lowest BCUT2D eigenvalue weighted by Gasteiger charge is -2.41. The Morgan fingerprint density at radius 3 is 2.60 bits per heavy atom. The highest BCUT2D eigenvalue weighted by molar-refractivity contribution is 7.80. The SMILES string of the molecule is COc1cc2cc(c1Cl)N(C)C(=O)C[C@H](OC(=O)[C@H](C)N(C)C(=O)CCS)[C@]1(C)O[C@H]1[C@H](C)[C@@H]1C[C@@](O)(CC(=O)O1)[C@H](OC)/C=C/C=C(\C)C2. The van der Waals surface area contributed by atoms with Gasteiger partial charge in [-0.2, -0.15) is 12.6 Å². The summed E-state index contributed by atoms with van der Waals surface area (Å²) in [6, 6.07) is 2.63. The largest absolute Gasteiger partial charge is 0.495 e. The summed E-state index contributed by atoms with van der Waals surface area (Å²) in [6.45, 7) is 7.03. The van der Waals surface area contributed by atoms with E-state index in [-0.39, 0.29) is 36.6 Å². The van der Waals surface area contributed by atoms with Crippen LogP contribution in [0.3, 0.4) is 0 Å². The lowest BCUT2D eigenvalue weighted by molar-refractivity contribution is -0.187. The normalized spacial score (nSPS) is 32.5. The van der Waals surface area contributed by atoms with Gasteiger partial charge in [0.15, 0.2) is 0 Å². The number of rotatable bonds is 7. The number of fused-ring (bicyclic) bond motifs is 5. The van der Waals surface area contributed by atoms with Crippen LogP contribution in [0.15, 0.2) is 35.9 Å². The molecule has 0 spiro atoms. The number of hydrogen-bond acceptors (Lipinski definition) is 11. The van der Waals surface area contributed by atoms with E-state index in [0.29, 0.717) is 23.6 Å². The number of nitrogens with zero attached hydrogens (tertiary/aromatic N) is 2. The van der Waals surface area contributed by atoms with Crippen LogP contribution in [0, 0.1) is 5.92 Å². The van der Waals surface area contributed by atoms with E-state index in [4.69, 9.17) is 35.3 Å². The third-order valence-corrected chi connectivity index (χ3v) is 10.7. The van der Waals surface area contributed by atoms with Gasteiger partial charge in [0, 0.05) is 40.0 Å². The minimum atomic E-state index is -1.57. The number of methoxy groups -OCH3 is 2. The van der Waals surface area contributed by atoms with Crippen LogP contribution in [0.4, 0.5) is 5.69 Å². The van der Waals surface area contributed by atoms with Crippen molar-refractivity contribution >= 4 is 53.7 Å². The quantitative estimate of drug-likeness (QED) is 0.239. The number of carbonyl (C=O) groups is 4. The Balaban J connectivity index is 1.78. The number of allylic oxidation sites excluding steroid dienone is 3. The van der Waals surface area contributed by atoms with E-state index in [2.05, 4.69) is 12.6 Å². The van der Waals surface area contributed by atoms with Crippen LogP contribution in [0.1, 0.15) is 58.9 Å². The number of epoxide rings is 1. The molecule has 0 radical (unpaired) electrons. The molecule has 3 aliphatic rings. The van der Waals surface area contributed by atoms with Gasteiger partial charge in [0.05, 0.1) is 31.7 Å². The Labute approximate surface area is 304 Å². The molecule has 1 aromatic carbocycles. The summed E-state index contributed by atoms with van der Waals surface area (Å²) < 4.78 is 29.3. The second-order valence-corrected chi connectivity index (χ2v) is 14.5. The van der Waals surface area contributed by atoms with Gasteiger partial charge < -0.3 is 38.6 Å². The molecule has 276 valence electrons. The monoisotopic (exact) mass is 736 g/mol. The predicted octanol–water partition coefficient (Wildman–Crippen LogP) is 4.08. The van der Waals surface area contributed by atoms with Crippen LogP contribution < -0.4 is 9.64 Å². The number of likely N-dealkylation sites (N-methyl/N-ethyl adjacent to an activating group) is 1. The molecule has 4 rings (SSSR count). The van der Waals surface area contributed by atoms with Gasteiger partial charge in [0.1, 0.15) is 46.3 Å². The fourth-order valence-electron chi connectivity index (χ4n) is 6.74. The standard InChI is InChI=1S/C36H49ClN2O10S/c1-20-10-9-11-27(46-8)36(44)18-26(47-31(42)19-36)21(2)33-35(4,49-33)28(48-34(43)22(3)38(5)29(40)12-13-50)17-30(41)39(6)24-15-23(14-20)16-25(45-7)32(24)37/h9-11,15-16,21-22,26-28,33,44,50H,12-14,17-19H2,1-8H3/b11-9+,20-10+/t21-,22+,26+,27-,28+,33+,35+,36-/m1/s1. The van der Waals surface area contributed by atoms with Gasteiger partial charge in [-0.15, -0.1) is 0 Å². The first-order chi connectivity index (χ1) is 23.5. The second kappa shape index (κ2) is 16.1. The molecule has 2 amide bonds. The first-order valence-corrected chi connectivity index (χ1v) is 17.7. The zero-order valence-electron chi connectivity index (χ0n) is 29.9. The number of ether oxygens (including phenoxy) is 5. The van der Waals surface area contributed by atoms with Crippen LogP contribution in [0.25, 0.3) is 0 Å². The zero-order valence-corrected chi connectivity index (χ0v) is 31.6. The number of halogens is 1. The van der Waals surface area contributed by atoms with E-state index >= 15 is 0 Å². The molecule has 0 unspecified atom stereocenters. The highest BCUT2D eigenvalue weighted by atomic mass is 35.5. The Bertz CT molecular complexity index is 1540. The van der Waals surface area contributed by atoms with Crippen molar-refractivity contribution in [3.63, 3.8) is 0 Å². The van der Waals surface area contributed by atoms with Crippen molar-refractivity contribution in [1.82, 2.24) is 4.90 Å². The van der Waals surface area contributed by atoms with Gasteiger partial charge in [-0.1, -0.05) is 42.3 Å². The topological polar surface area (TPSA) is 144 Å². The molecule has 3 aliphatic heterocycles. The van der Waals surface area contributed by atoms with Crippen LogP contribution >= 0.6 is 24.2 Å². The highest BCUT2D eigenvalue weighted by Crippen LogP contribution is 2.50. The maximum absolute atomic E-state index is 14.0. The summed E-state index contributed by atoms with van der Waals surface area (Å²) >= 11 is 10.9. The summed E-state index contributed by atoms with van der Waals surface area (Å²) in [6.07, 6.45) is 2.14. The molecular weight excluding hydrogens is 688 g/mol. The van der Waals surface area contributed by atoms with Crippen molar-refractivity contribution in [2.75, 3.05) is 39.0 Å². The number of amides is 2. The van der Waals surface area contributed by atoms with Gasteiger partial charge in [0.25, 0.3) is 0 Å². The Morgan fingerprint density at radius 2 is 1.96 bits per heavy atom. The second-order valence-electron chi connectivity index (χ2n) is 13.7. The Kier molecular flexibility index (Phi) is 12.7. The zero-order chi connectivity index (χ0) is 37.1. The van der Waals surface area contributed by atoms with Gasteiger partial charge in [0.2, 0.25) is 11.8 Å². The lowest BCUT2D eigenvalue weighted by atomic mass is 9.78. The first-order valence-electron chi connectivity index (χ1n) is 16.7. The molecule has 0 saturated carbocycles. The van der Waals surface area contributed by atoms with Crippen molar-refractivity contribution in [1.29, 1.82) is 0 Å². The van der Waals surface area contributed by atoms with Crippen molar-refractivity contribution < 1.29 is 48.0 Å². The van der Waals surface area contributed by atoms with Crippen molar-refractivity contribution in [3.05, 3.63) is 46.5 Å². The van der Waals surface area contributed by atoms with E-state index in [1.54, 1.807) is 45.2 Å². The van der Waals surface area contributed by atoms with Gasteiger partial charge in [-0.05, 0) is 50.6 Å². The highest BCUT2D eigenvalue weighted by Gasteiger charge is 2.64. The molecule has 2 saturated heterocycles. The lowest BCUT2D eigenvalue weighted by Crippen LogP contribution is -2.53. The first kappa shape index (κ1) is 39.7. The molecule has 12 nitrogen and oxygen atoms in total. The molecule has 1 N–H and O–H groups in total. The summed E-state index contributed by atoms with van der Waals surface area (Å²) in [5, 5.41) is 12.0. The molecule has 0 aliphatic carbocycles. The molecule has 2 fully saturated rings. The molecule has 4 bridgehead atoms. The summed E-state index contributed by atoms with van der Waals surface area (Å²) in [7, 11) is 6.04. The van der Waals surface area contributed by atoms with E-state index < -0.39 is 65.4 Å². The van der Waals surface area contributed by atoms with Crippen LogP contribution in [0.5, 0.6) is 5.75 Å². The maximum atomic E-state index is 14.0. The Morgan fingerprint density at radius 1 is 1.26 bits per heavy atom. The molecule has 14 heteroatoms. The molecule has 3 heterocycles. The number of carbonyl (C=O) groups excluding carboxylic acids is 4. The van der Waals surface area contributed by atoms with Crippen molar-refractivity contribution in [3.8, 4) is 5.75 Å². The van der Waals surface area contributed by atoms with E-state index in [0.717, 1.165) is 11.1 Å². The summed E-state index contributed by atoms with van der Waals surface area (Å²) in [4.78, 5) is 55.7. The number of thiol groups is 1. The maximum Gasteiger partial charge on any atom is 0.328 e. The van der Waals surface area contributed by atoms with Crippen LogP contribution in [0.2, 0.25) is 5.02 Å². The number of anilines is 1. The van der Waals surface area contributed by atoms with E-state index in [1.807, 2.05) is 19.9 Å². The van der Waals surface area contributed by atoms with Crippen LogP contribution in [-0.2, 0) is 44.5 Å². The van der Waals surface area contributed by atoms with E-state index in [1.165, 1.54) is 31.1 Å². The minimum Gasteiger partial charge on any atom is -0.495 e. The number of esters is 2. The van der Waals surface area contributed by atoms with Gasteiger partial charge in [-0.25, -0.2) is 4.79 Å².